The molecule has 0 saturated heterocycles. The Balaban J connectivity index is 2.13. The molecule has 4 rings (SSSR count). The van der Waals surface area contributed by atoms with Crippen LogP contribution in [-0.4, -0.2) is 28.2 Å². The number of fused-ring (bicyclic) bond motifs is 4. The summed E-state index contributed by atoms with van der Waals surface area (Å²) in [5.74, 6) is -0.330. The van der Waals surface area contributed by atoms with Crippen LogP contribution in [0.25, 0.3) is 10.9 Å². The fourth-order valence-electron chi connectivity index (χ4n) is 3.07. The Morgan fingerprint density at radius 3 is 2.73 bits per heavy atom. The number of carbonyl (C=O) groups excluding carboxylic acids is 2. The van der Waals surface area contributed by atoms with Gasteiger partial charge < -0.3 is 9.30 Å². The highest BCUT2D eigenvalue weighted by Gasteiger charge is 2.35. The van der Waals surface area contributed by atoms with Gasteiger partial charge >= 0.3 is 0 Å². The number of rotatable bonds is 2. The molecule has 0 saturated carbocycles. The first-order valence-electron chi connectivity index (χ1n) is 6.87. The molecule has 108 valence electrons. The van der Waals surface area contributed by atoms with Crippen LogP contribution in [0.15, 0.2) is 42.7 Å². The monoisotopic (exact) mass is 292 g/mol. The van der Waals surface area contributed by atoms with Crippen molar-refractivity contribution in [2.75, 3.05) is 7.11 Å². The summed E-state index contributed by atoms with van der Waals surface area (Å²) in [5.41, 5.74) is 2.41. The maximum atomic E-state index is 12.9. The van der Waals surface area contributed by atoms with Crippen LogP contribution >= 0.6 is 0 Å². The molecule has 0 aliphatic heterocycles. The van der Waals surface area contributed by atoms with Gasteiger partial charge in [-0.05, 0) is 12.1 Å². The Bertz CT molecular complexity index is 940. The Labute approximate surface area is 126 Å². The second-order valence-electron chi connectivity index (χ2n) is 5.17. The van der Waals surface area contributed by atoms with Gasteiger partial charge in [0.15, 0.2) is 5.78 Å². The average Bonchev–Trinajstić information content (AvgIpc) is 2.88. The molecule has 0 atom stereocenters. The molecule has 5 heteroatoms. The third kappa shape index (κ3) is 1.54. The van der Waals surface area contributed by atoms with Crippen LogP contribution in [0.2, 0.25) is 0 Å². The van der Waals surface area contributed by atoms with Gasteiger partial charge in [0, 0.05) is 30.5 Å². The zero-order chi connectivity index (χ0) is 15.3. The van der Waals surface area contributed by atoms with Crippen molar-refractivity contribution in [3.63, 3.8) is 0 Å². The molecule has 0 radical (unpaired) electrons. The minimum atomic E-state index is -0.189. The summed E-state index contributed by atoms with van der Waals surface area (Å²) in [6.07, 6.45) is 2.98. The van der Waals surface area contributed by atoms with E-state index in [1.165, 1.54) is 12.4 Å². The fraction of sp³-hybridized carbons (Fsp3) is 0.118. The average molecular weight is 292 g/mol. The predicted octanol–water partition coefficient (Wildman–Crippen LogP) is 2.42. The second-order valence-corrected chi connectivity index (χ2v) is 5.17. The first-order valence-corrected chi connectivity index (χ1v) is 6.87. The van der Waals surface area contributed by atoms with Crippen molar-refractivity contribution in [3.05, 3.63) is 65.1 Å². The molecule has 1 aliphatic rings. The van der Waals surface area contributed by atoms with E-state index in [9.17, 15) is 9.59 Å². The third-order valence-electron chi connectivity index (χ3n) is 3.98. The summed E-state index contributed by atoms with van der Waals surface area (Å²) in [7, 11) is 1.56. The SMILES string of the molecule is COCn1c2c(c3ccccc31)C(=O)c1ccncc1C2=O. The second kappa shape index (κ2) is 4.61. The molecule has 22 heavy (non-hydrogen) atoms. The third-order valence-corrected chi connectivity index (χ3v) is 3.98. The van der Waals surface area contributed by atoms with Crippen molar-refractivity contribution in [3.8, 4) is 0 Å². The van der Waals surface area contributed by atoms with Gasteiger partial charge in [0.1, 0.15) is 12.4 Å². The van der Waals surface area contributed by atoms with Crippen LogP contribution in [0.1, 0.15) is 32.0 Å². The number of pyridine rings is 1. The largest absolute Gasteiger partial charge is 0.364 e. The normalized spacial score (nSPS) is 13.3. The van der Waals surface area contributed by atoms with Crippen LogP contribution in [0.3, 0.4) is 0 Å². The molecule has 0 N–H and O–H groups in total. The highest BCUT2D eigenvalue weighted by Crippen LogP contribution is 2.34. The van der Waals surface area contributed by atoms with Crippen molar-refractivity contribution in [2.24, 2.45) is 0 Å². The first-order chi connectivity index (χ1) is 10.7. The number of para-hydroxylation sites is 1. The van der Waals surface area contributed by atoms with Crippen LogP contribution in [0, 0.1) is 0 Å². The van der Waals surface area contributed by atoms with Crippen LogP contribution in [-0.2, 0) is 11.5 Å². The molecule has 5 nitrogen and oxygen atoms in total. The molecule has 1 aliphatic carbocycles. The number of carbonyl (C=O) groups is 2. The maximum absolute atomic E-state index is 12.9. The fourth-order valence-corrected chi connectivity index (χ4v) is 3.07. The summed E-state index contributed by atoms with van der Waals surface area (Å²) in [6.45, 7) is 0.213. The Hall–Kier alpha value is -2.79. The predicted molar refractivity (Wildman–Crippen MR) is 80.0 cm³/mol. The summed E-state index contributed by atoms with van der Waals surface area (Å²) >= 11 is 0. The van der Waals surface area contributed by atoms with E-state index in [-0.39, 0.29) is 18.3 Å². The zero-order valence-corrected chi connectivity index (χ0v) is 11.9. The van der Waals surface area contributed by atoms with E-state index >= 15 is 0 Å². The van der Waals surface area contributed by atoms with Gasteiger partial charge in [-0.3, -0.25) is 14.6 Å². The van der Waals surface area contributed by atoms with Crippen molar-refractivity contribution in [2.45, 2.75) is 6.73 Å². The summed E-state index contributed by atoms with van der Waals surface area (Å²) in [4.78, 5) is 29.7. The molecule has 2 aromatic heterocycles. The van der Waals surface area contributed by atoms with E-state index in [2.05, 4.69) is 4.98 Å². The number of benzene rings is 1. The number of methoxy groups -OCH3 is 1. The van der Waals surface area contributed by atoms with E-state index in [0.717, 1.165) is 10.9 Å². The highest BCUT2D eigenvalue weighted by molar-refractivity contribution is 6.32. The van der Waals surface area contributed by atoms with Gasteiger partial charge in [0.05, 0.1) is 16.6 Å². The number of hydrogen-bond acceptors (Lipinski definition) is 4. The molecule has 0 amide bonds. The molecule has 2 heterocycles. The molecular formula is C17H12N2O3. The molecule has 0 bridgehead atoms. The van der Waals surface area contributed by atoms with Gasteiger partial charge in [-0.15, -0.1) is 0 Å². The smallest absolute Gasteiger partial charge is 0.212 e. The quantitative estimate of drug-likeness (QED) is 0.569. The van der Waals surface area contributed by atoms with Gasteiger partial charge in [0.2, 0.25) is 5.78 Å². The molecule has 0 unspecified atom stereocenters. The summed E-state index contributed by atoms with van der Waals surface area (Å²) in [5, 5.41) is 0.773. The number of ketones is 2. The van der Waals surface area contributed by atoms with E-state index in [4.69, 9.17) is 4.74 Å². The Morgan fingerprint density at radius 1 is 1.09 bits per heavy atom. The van der Waals surface area contributed by atoms with Gasteiger partial charge in [-0.25, -0.2) is 0 Å². The highest BCUT2D eigenvalue weighted by atomic mass is 16.5. The first kappa shape index (κ1) is 12.9. The van der Waals surface area contributed by atoms with Crippen LogP contribution < -0.4 is 0 Å². The Kier molecular flexibility index (Phi) is 2.71. The summed E-state index contributed by atoms with van der Waals surface area (Å²) in [6, 6.07) is 9.08. The van der Waals surface area contributed by atoms with E-state index in [0.29, 0.717) is 22.4 Å². The molecule has 0 spiro atoms. The zero-order valence-electron chi connectivity index (χ0n) is 11.9. The van der Waals surface area contributed by atoms with E-state index in [1.807, 2.05) is 24.3 Å². The lowest BCUT2D eigenvalue weighted by molar-refractivity contribution is 0.0950. The lowest BCUT2D eigenvalue weighted by Gasteiger charge is -2.16. The minimum absolute atomic E-state index is 0.141. The molecule has 3 aromatic rings. The van der Waals surface area contributed by atoms with Crippen molar-refractivity contribution in [1.82, 2.24) is 9.55 Å². The van der Waals surface area contributed by atoms with Gasteiger partial charge in [-0.1, -0.05) is 18.2 Å². The number of hydrogen-bond donors (Lipinski definition) is 0. The number of nitrogens with zero attached hydrogens (tertiary/aromatic N) is 2. The Morgan fingerprint density at radius 2 is 1.91 bits per heavy atom. The minimum Gasteiger partial charge on any atom is -0.364 e. The lowest BCUT2D eigenvalue weighted by atomic mass is 9.88. The molecular weight excluding hydrogens is 280 g/mol. The molecule has 1 aromatic carbocycles. The van der Waals surface area contributed by atoms with Crippen molar-refractivity contribution >= 4 is 22.5 Å². The standard InChI is InChI=1S/C17H12N2O3/c1-22-9-19-13-5-3-2-4-11(13)14-15(19)17(21)12-8-18-7-6-10(12)16(14)20/h2-8H,9H2,1H3. The van der Waals surface area contributed by atoms with Crippen LogP contribution in [0.4, 0.5) is 0 Å². The summed E-state index contributed by atoms with van der Waals surface area (Å²) < 4.78 is 6.97. The number of aromatic nitrogens is 2. The van der Waals surface area contributed by atoms with Gasteiger partial charge in [0.25, 0.3) is 0 Å². The number of ether oxygens (including phenoxy) is 1. The van der Waals surface area contributed by atoms with Crippen molar-refractivity contribution in [1.29, 1.82) is 0 Å². The lowest BCUT2D eigenvalue weighted by Crippen LogP contribution is -2.23. The maximum Gasteiger partial charge on any atom is 0.212 e. The molecule has 0 fully saturated rings. The van der Waals surface area contributed by atoms with Crippen molar-refractivity contribution < 1.29 is 14.3 Å². The van der Waals surface area contributed by atoms with Gasteiger partial charge in [-0.2, -0.15) is 0 Å². The van der Waals surface area contributed by atoms with Crippen LogP contribution in [0.5, 0.6) is 0 Å². The van der Waals surface area contributed by atoms with E-state index < -0.39 is 0 Å². The topological polar surface area (TPSA) is 61.2 Å². The van der Waals surface area contributed by atoms with E-state index in [1.54, 1.807) is 17.7 Å².